The second kappa shape index (κ2) is 8.26. The highest BCUT2D eigenvalue weighted by Gasteiger charge is 2.15. The lowest BCUT2D eigenvalue weighted by Crippen LogP contribution is -2.06. The second-order valence-electron chi connectivity index (χ2n) is 6.20. The molecule has 3 aromatic rings. The van der Waals surface area contributed by atoms with Crippen molar-refractivity contribution in [1.82, 2.24) is 15.2 Å². The van der Waals surface area contributed by atoms with Gasteiger partial charge >= 0.3 is 5.97 Å². The number of aliphatic carboxylic acids is 1. The highest BCUT2D eigenvalue weighted by Crippen LogP contribution is 2.33. The number of thioether (sulfide) groups is 1. The number of nitrogens with zero attached hydrogens (tertiary/aromatic N) is 2. The van der Waals surface area contributed by atoms with Crippen LogP contribution in [0.2, 0.25) is 0 Å². The lowest BCUT2D eigenvalue weighted by molar-refractivity contribution is -0.131. The van der Waals surface area contributed by atoms with Crippen molar-refractivity contribution < 1.29 is 14.6 Å². The van der Waals surface area contributed by atoms with Crippen LogP contribution < -0.4 is 4.74 Å². The van der Waals surface area contributed by atoms with Crippen LogP contribution in [0.25, 0.3) is 16.8 Å². The van der Waals surface area contributed by atoms with Crippen LogP contribution in [0.5, 0.6) is 5.75 Å². The summed E-state index contributed by atoms with van der Waals surface area (Å²) < 4.78 is 5.88. The number of carbonyl (C=O) groups is 1. The van der Waals surface area contributed by atoms with Crippen LogP contribution in [0.4, 0.5) is 0 Å². The Morgan fingerprint density at radius 3 is 2.63 bits per heavy atom. The standard InChI is InChI=1S/C20H21N3O3S/c1-4-18-21-20(23-22-18)27-17(19(24)25)11-13-9-10-16(26-12(2)3)15-8-6-5-7-14(13)15/h5-12H,4H2,1-3H3,(H,24,25)(H,21,22,23)/b17-11+. The van der Waals surface area contributed by atoms with E-state index in [1.54, 1.807) is 6.08 Å². The third-order valence-electron chi connectivity index (χ3n) is 3.83. The quantitative estimate of drug-likeness (QED) is 0.460. The average molecular weight is 383 g/mol. The first-order valence-electron chi connectivity index (χ1n) is 8.70. The molecule has 6 nitrogen and oxygen atoms in total. The number of hydrogen-bond donors (Lipinski definition) is 2. The van der Waals surface area contributed by atoms with Crippen molar-refractivity contribution in [2.75, 3.05) is 0 Å². The molecule has 0 saturated heterocycles. The monoisotopic (exact) mass is 383 g/mol. The van der Waals surface area contributed by atoms with Crippen LogP contribution in [0, 0.1) is 0 Å². The summed E-state index contributed by atoms with van der Waals surface area (Å²) in [5.74, 6) is 0.487. The van der Waals surface area contributed by atoms with Crippen LogP contribution >= 0.6 is 11.8 Å². The Hall–Kier alpha value is -2.80. The minimum atomic E-state index is -1.02. The van der Waals surface area contributed by atoms with Gasteiger partial charge in [-0.3, -0.25) is 5.10 Å². The lowest BCUT2D eigenvalue weighted by atomic mass is 10.0. The maximum absolute atomic E-state index is 11.8. The molecule has 0 amide bonds. The molecule has 140 valence electrons. The normalized spacial score (nSPS) is 11.9. The Morgan fingerprint density at radius 2 is 2.00 bits per heavy atom. The first kappa shape index (κ1) is 19.0. The molecule has 0 radical (unpaired) electrons. The zero-order valence-corrected chi connectivity index (χ0v) is 16.2. The molecule has 7 heteroatoms. The number of aromatic amines is 1. The van der Waals surface area contributed by atoms with Crippen molar-refractivity contribution >= 4 is 34.6 Å². The Morgan fingerprint density at radius 1 is 1.26 bits per heavy atom. The van der Waals surface area contributed by atoms with E-state index in [0.29, 0.717) is 11.6 Å². The van der Waals surface area contributed by atoms with Crippen LogP contribution in [-0.2, 0) is 11.2 Å². The molecular weight excluding hydrogens is 362 g/mol. The van der Waals surface area contributed by atoms with Gasteiger partial charge in [0.15, 0.2) is 0 Å². The van der Waals surface area contributed by atoms with Gasteiger partial charge in [0, 0.05) is 11.8 Å². The second-order valence-corrected chi connectivity index (χ2v) is 7.21. The summed E-state index contributed by atoms with van der Waals surface area (Å²) in [6.45, 7) is 5.90. The maximum atomic E-state index is 11.8. The predicted octanol–water partition coefficient (Wildman–Crippen LogP) is 4.53. The van der Waals surface area contributed by atoms with Crippen LogP contribution in [0.15, 0.2) is 46.5 Å². The number of benzene rings is 2. The van der Waals surface area contributed by atoms with E-state index >= 15 is 0 Å². The molecule has 0 atom stereocenters. The number of aromatic nitrogens is 3. The highest BCUT2D eigenvalue weighted by molar-refractivity contribution is 8.04. The first-order valence-corrected chi connectivity index (χ1v) is 9.52. The molecule has 1 aromatic heterocycles. The molecule has 2 aromatic carbocycles. The molecule has 0 saturated carbocycles. The van der Waals surface area contributed by atoms with Gasteiger partial charge in [-0.2, -0.15) is 0 Å². The molecular formula is C20H21N3O3S. The van der Waals surface area contributed by atoms with Crippen LogP contribution in [0.3, 0.4) is 0 Å². The maximum Gasteiger partial charge on any atom is 0.342 e. The van der Waals surface area contributed by atoms with E-state index in [9.17, 15) is 9.90 Å². The van der Waals surface area contributed by atoms with Crippen molar-refractivity contribution in [2.24, 2.45) is 0 Å². The number of ether oxygens (including phenoxy) is 1. The predicted molar refractivity (Wildman–Crippen MR) is 107 cm³/mol. The number of fused-ring (bicyclic) bond motifs is 1. The summed E-state index contributed by atoms with van der Waals surface area (Å²) in [6, 6.07) is 11.5. The zero-order chi connectivity index (χ0) is 19.4. The van der Waals surface area contributed by atoms with E-state index in [-0.39, 0.29) is 11.0 Å². The first-order chi connectivity index (χ1) is 13.0. The summed E-state index contributed by atoms with van der Waals surface area (Å²) in [7, 11) is 0. The summed E-state index contributed by atoms with van der Waals surface area (Å²) >= 11 is 1.03. The lowest BCUT2D eigenvalue weighted by Gasteiger charge is -2.14. The van der Waals surface area contributed by atoms with Gasteiger partial charge in [-0.15, -0.1) is 5.10 Å². The van der Waals surface area contributed by atoms with Crippen molar-refractivity contribution in [3.63, 3.8) is 0 Å². The van der Waals surface area contributed by atoms with Crippen LogP contribution in [-0.4, -0.2) is 32.4 Å². The fourth-order valence-electron chi connectivity index (χ4n) is 2.63. The molecule has 0 aliphatic rings. The van der Waals surface area contributed by atoms with E-state index < -0.39 is 5.97 Å². The summed E-state index contributed by atoms with van der Waals surface area (Å²) in [5.41, 5.74) is 0.804. The van der Waals surface area contributed by atoms with Crippen LogP contribution in [0.1, 0.15) is 32.2 Å². The Kier molecular flexibility index (Phi) is 5.81. The van der Waals surface area contributed by atoms with Crippen molar-refractivity contribution in [1.29, 1.82) is 0 Å². The Bertz CT molecular complexity index is 995. The van der Waals surface area contributed by atoms with Gasteiger partial charge in [0.25, 0.3) is 0 Å². The van der Waals surface area contributed by atoms with Gasteiger partial charge < -0.3 is 9.84 Å². The number of aryl methyl sites for hydroxylation is 1. The summed E-state index contributed by atoms with van der Waals surface area (Å²) in [6.07, 6.45) is 2.41. The van der Waals surface area contributed by atoms with Gasteiger partial charge in [-0.25, -0.2) is 9.78 Å². The minimum absolute atomic E-state index is 0.0541. The van der Waals surface area contributed by atoms with E-state index in [4.69, 9.17) is 4.74 Å². The van der Waals surface area contributed by atoms with Gasteiger partial charge in [0.1, 0.15) is 16.5 Å². The molecule has 0 spiro atoms. The van der Waals surface area contributed by atoms with E-state index in [1.165, 1.54) is 0 Å². The molecule has 1 heterocycles. The number of nitrogens with one attached hydrogen (secondary N) is 1. The molecule has 0 bridgehead atoms. The van der Waals surface area contributed by atoms with Crippen molar-refractivity contribution in [2.45, 2.75) is 38.5 Å². The Balaban J connectivity index is 2.02. The SMILES string of the molecule is CCc1nc(S/C(=C/c2ccc(OC(C)C)c3ccccc23)C(=O)O)n[nH]1. The minimum Gasteiger partial charge on any atom is -0.490 e. The number of rotatable bonds is 7. The average Bonchev–Trinajstić information content (AvgIpc) is 3.10. The highest BCUT2D eigenvalue weighted by atomic mass is 32.2. The third kappa shape index (κ3) is 4.49. The molecule has 0 aliphatic heterocycles. The molecule has 3 rings (SSSR count). The van der Waals surface area contributed by atoms with Gasteiger partial charge in [0.2, 0.25) is 5.16 Å². The van der Waals surface area contributed by atoms with Crippen molar-refractivity contribution in [3.05, 3.63) is 52.7 Å². The Labute approximate surface area is 161 Å². The zero-order valence-electron chi connectivity index (χ0n) is 15.4. The largest absolute Gasteiger partial charge is 0.490 e. The summed E-state index contributed by atoms with van der Waals surface area (Å²) in [5, 5.41) is 18.8. The molecule has 0 unspecified atom stereocenters. The molecule has 0 fully saturated rings. The number of carboxylic acid groups (broad SMARTS) is 1. The van der Waals surface area contributed by atoms with E-state index in [0.717, 1.165) is 39.7 Å². The molecule has 0 aliphatic carbocycles. The number of carboxylic acids is 1. The topological polar surface area (TPSA) is 88.1 Å². The fraction of sp³-hybridized carbons (Fsp3) is 0.250. The van der Waals surface area contributed by atoms with Gasteiger partial charge in [0.05, 0.1) is 6.10 Å². The summed E-state index contributed by atoms with van der Waals surface area (Å²) in [4.78, 5) is 16.2. The van der Waals surface area contributed by atoms with Gasteiger partial charge in [-0.1, -0.05) is 37.3 Å². The smallest absolute Gasteiger partial charge is 0.342 e. The molecule has 2 N–H and O–H groups in total. The van der Waals surface area contributed by atoms with E-state index in [2.05, 4.69) is 15.2 Å². The fourth-order valence-corrected chi connectivity index (χ4v) is 3.35. The third-order valence-corrected chi connectivity index (χ3v) is 4.70. The molecule has 27 heavy (non-hydrogen) atoms. The van der Waals surface area contributed by atoms with E-state index in [1.807, 2.05) is 57.2 Å². The van der Waals surface area contributed by atoms with Gasteiger partial charge in [-0.05, 0) is 48.7 Å². The number of hydrogen-bond acceptors (Lipinski definition) is 5. The number of H-pyrrole nitrogens is 1. The van der Waals surface area contributed by atoms with Crippen molar-refractivity contribution in [3.8, 4) is 5.75 Å².